The summed E-state index contributed by atoms with van der Waals surface area (Å²) in [6.07, 6.45) is 3.62. The zero-order valence-corrected chi connectivity index (χ0v) is 30.6. The maximum absolute atomic E-state index is 10.0. The van der Waals surface area contributed by atoms with Gasteiger partial charge in [0.15, 0.2) is 0 Å². The van der Waals surface area contributed by atoms with Gasteiger partial charge in [-0.25, -0.2) is 4.98 Å². The zero-order valence-electron chi connectivity index (χ0n) is 30.6. The van der Waals surface area contributed by atoms with Crippen molar-refractivity contribution in [1.82, 2.24) is 14.5 Å². The van der Waals surface area contributed by atoms with Crippen molar-refractivity contribution in [2.45, 2.75) is 0 Å². The molecule has 0 bridgehead atoms. The summed E-state index contributed by atoms with van der Waals surface area (Å²) in [6.45, 7) is 0. The van der Waals surface area contributed by atoms with Crippen LogP contribution in [0.2, 0.25) is 0 Å². The van der Waals surface area contributed by atoms with Crippen LogP contribution in [0.15, 0.2) is 182 Å². The number of nitriles is 1. The van der Waals surface area contributed by atoms with E-state index in [0.717, 1.165) is 55.6 Å². The quantitative estimate of drug-likeness (QED) is 0.166. The average Bonchev–Trinajstić information content (AvgIpc) is 3.63. The predicted octanol–water partition coefficient (Wildman–Crippen LogP) is 13.6. The van der Waals surface area contributed by atoms with Crippen LogP contribution in [-0.2, 0) is 0 Å². The van der Waals surface area contributed by atoms with Crippen molar-refractivity contribution in [2.24, 2.45) is 0 Å². The molecular weight excluding hydrogens is 693 g/mol. The highest BCUT2D eigenvalue weighted by Crippen LogP contribution is 2.45. The smallest absolute Gasteiger partial charge is 0.0998 e. The van der Waals surface area contributed by atoms with Gasteiger partial charge < -0.3 is 4.57 Å². The Labute approximate surface area is 327 Å². The third-order valence-electron chi connectivity index (χ3n) is 11.9. The summed E-state index contributed by atoms with van der Waals surface area (Å²) in [7, 11) is 0. The van der Waals surface area contributed by atoms with E-state index in [1.807, 2.05) is 36.7 Å². The highest BCUT2D eigenvalue weighted by molar-refractivity contribution is 6.29. The third-order valence-corrected chi connectivity index (χ3v) is 11.9. The standard InChI is InChI=1S/C53H30N4/c54-31-37-17-25-48-52-41(37)22-23-44-40(24-26-49(53(44)52)57(48)38-5-2-1-3-6-38)33-11-9-32(10-12-33)39-18-13-35-16-21-45-42(19-14-36-15-20-43(39)50(35)51(36)45)47-8-4-7-46(56-47)34-27-29-55-30-28-34/h1-30H. The molecule has 9 aromatic carbocycles. The van der Waals surface area contributed by atoms with Crippen molar-refractivity contribution in [3.8, 4) is 56.5 Å². The van der Waals surface area contributed by atoms with E-state index in [0.29, 0.717) is 5.56 Å². The molecule has 0 N–H and O–H groups in total. The first-order chi connectivity index (χ1) is 28.2. The maximum Gasteiger partial charge on any atom is 0.0998 e. The Morgan fingerprint density at radius 2 is 0.947 bits per heavy atom. The molecule has 262 valence electrons. The summed E-state index contributed by atoms with van der Waals surface area (Å²) in [5, 5.41) is 22.0. The first kappa shape index (κ1) is 31.5. The van der Waals surface area contributed by atoms with E-state index >= 15 is 0 Å². The predicted molar refractivity (Wildman–Crippen MR) is 235 cm³/mol. The molecule has 12 rings (SSSR count). The van der Waals surface area contributed by atoms with Crippen LogP contribution in [0.1, 0.15) is 5.56 Å². The molecule has 0 unspecified atom stereocenters. The van der Waals surface area contributed by atoms with E-state index in [1.165, 1.54) is 59.8 Å². The summed E-state index contributed by atoms with van der Waals surface area (Å²) in [6, 6.07) is 63.1. The lowest BCUT2D eigenvalue weighted by molar-refractivity contribution is 1.18. The van der Waals surface area contributed by atoms with Crippen molar-refractivity contribution < 1.29 is 0 Å². The minimum absolute atomic E-state index is 0.697. The van der Waals surface area contributed by atoms with Crippen LogP contribution >= 0.6 is 0 Å². The Bertz CT molecular complexity index is 3560. The van der Waals surface area contributed by atoms with Crippen LogP contribution in [0, 0.1) is 11.3 Å². The Balaban J connectivity index is 0.988. The van der Waals surface area contributed by atoms with Crippen LogP contribution in [-0.4, -0.2) is 14.5 Å². The summed E-state index contributed by atoms with van der Waals surface area (Å²) < 4.78 is 2.33. The van der Waals surface area contributed by atoms with Gasteiger partial charge in [0.1, 0.15) is 0 Å². The van der Waals surface area contributed by atoms with Gasteiger partial charge in [0, 0.05) is 45.4 Å². The van der Waals surface area contributed by atoms with Gasteiger partial charge in [-0.1, -0.05) is 115 Å². The van der Waals surface area contributed by atoms with Crippen molar-refractivity contribution in [2.75, 3.05) is 0 Å². The van der Waals surface area contributed by atoms with E-state index < -0.39 is 0 Å². The molecule has 0 saturated heterocycles. The van der Waals surface area contributed by atoms with Crippen molar-refractivity contribution in [3.63, 3.8) is 0 Å². The number of para-hydroxylation sites is 1. The number of benzene rings is 9. The second-order valence-electron chi connectivity index (χ2n) is 14.8. The highest BCUT2D eigenvalue weighted by atomic mass is 15.0. The zero-order chi connectivity index (χ0) is 37.6. The second kappa shape index (κ2) is 12.1. The van der Waals surface area contributed by atoms with Gasteiger partial charge in [-0.15, -0.1) is 0 Å². The molecule has 4 nitrogen and oxygen atoms in total. The van der Waals surface area contributed by atoms with Gasteiger partial charge in [0.25, 0.3) is 0 Å². The van der Waals surface area contributed by atoms with Crippen molar-refractivity contribution in [1.29, 1.82) is 5.26 Å². The van der Waals surface area contributed by atoms with Crippen LogP contribution in [0.3, 0.4) is 0 Å². The monoisotopic (exact) mass is 722 g/mol. The lowest BCUT2D eigenvalue weighted by Crippen LogP contribution is -1.93. The molecule has 0 aliphatic heterocycles. The molecule has 3 aromatic heterocycles. The molecule has 0 radical (unpaired) electrons. The van der Waals surface area contributed by atoms with Crippen molar-refractivity contribution >= 4 is 64.9 Å². The van der Waals surface area contributed by atoms with Crippen LogP contribution in [0.5, 0.6) is 0 Å². The van der Waals surface area contributed by atoms with Gasteiger partial charge in [-0.3, -0.25) is 4.98 Å². The van der Waals surface area contributed by atoms with Crippen LogP contribution < -0.4 is 0 Å². The molecular formula is C53H30N4. The highest BCUT2D eigenvalue weighted by Gasteiger charge is 2.21. The first-order valence-electron chi connectivity index (χ1n) is 19.2. The van der Waals surface area contributed by atoms with Gasteiger partial charge in [0.2, 0.25) is 0 Å². The lowest BCUT2D eigenvalue weighted by Gasteiger charge is -2.17. The van der Waals surface area contributed by atoms with E-state index in [4.69, 9.17) is 4.98 Å². The van der Waals surface area contributed by atoms with Gasteiger partial charge >= 0.3 is 0 Å². The first-order valence-corrected chi connectivity index (χ1v) is 19.2. The number of hydrogen-bond acceptors (Lipinski definition) is 3. The molecule has 0 aliphatic carbocycles. The number of pyridine rings is 2. The Kier molecular flexibility index (Phi) is 6.66. The van der Waals surface area contributed by atoms with Gasteiger partial charge in [-0.2, -0.15) is 5.26 Å². The largest absolute Gasteiger partial charge is 0.309 e. The number of nitrogens with zero attached hydrogens (tertiary/aromatic N) is 4. The number of aromatic nitrogens is 3. The topological polar surface area (TPSA) is 54.5 Å². The molecule has 3 heterocycles. The fourth-order valence-electron chi connectivity index (χ4n) is 9.33. The Morgan fingerprint density at radius 3 is 1.65 bits per heavy atom. The van der Waals surface area contributed by atoms with E-state index in [1.54, 1.807) is 0 Å². The van der Waals surface area contributed by atoms with E-state index in [2.05, 4.69) is 161 Å². The summed E-state index contributed by atoms with van der Waals surface area (Å²) in [4.78, 5) is 9.31. The molecule has 0 aliphatic rings. The summed E-state index contributed by atoms with van der Waals surface area (Å²) in [5.74, 6) is 0. The molecule has 0 spiro atoms. The molecule has 0 atom stereocenters. The molecule has 57 heavy (non-hydrogen) atoms. The van der Waals surface area contributed by atoms with Crippen LogP contribution in [0.25, 0.3) is 115 Å². The summed E-state index contributed by atoms with van der Waals surface area (Å²) >= 11 is 0. The summed E-state index contributed by atoms with van der Waals surface area (Å²) in [5.41, 5.74) is 12.8. The van der Waals surface area contributed by atoms with Gasteiger partial charge in [0.05, 0.1) is 34.1 Å². The average molecular weight is 723 g/mol. The maximum atomic E-state index is 10.0. The second-order valence-corrected chi connectivity index (χ2v) is 14.8. The minimum atomic E-state index is 0.697. The fraction of sp³-hybridized carbons (Fsp3) is 0. The SMILES string of the molecule is N#Cc1ccc2c3c1ccc1c(-c4ccc(-c5ccc6ccc7c(-c8cccc(-c9ccncc9)n8)ccc8ccc5c6c87)cc4)ccc(c13)n2-c1ccccc1. The molecule has 0 amide bonds. The molecule has 4 heteroatoms. The van der Waals surface area contributed by atoms with Gasteiger partial charge in [-0.05, 0) is 115 Å². The number of rotatable bonds is 5. The Hall–Kier alpha value is -7.87. The van der Waals surface area contributed by atoms with E-state index in [9.17, 15) is 5.26 Å². The third kappa shape index (κ3) is 4.61. The minimum Gasteiger partial charge on any atom is -0.309 e. The lowest BCUT2D eigenvalue weighted by atomic mass is 9.87. The van der Waals surface area contributed by atoms with Crippen molar-refractivity contribution in [3.05, 3.63) is 188 Å². The Morgan fingerprint density at radius 1 is 0.404 bits per heavy atom. The van der Waals surface area contributed by atoms with E-state index in [-0.39, 0.29) is 0 Å². The van der Waals surface area contributed by atoms with Crippen LogP contribution in [0.4, 0.5) is 0 Å². The normalized spacial score (nSPS) is 11.8. The number of hydrogen-bond donors (Lipinski definition) is 0. The fourth-order valence-corrected chi connectivity index (χ4v) is 9.33. The molecule has 0 saturated carbocycles. The molecule has 12 aromatic rings. The molecule has 0 fully saturated rings.